The van der Waals surface area contributed by atoms with E-state index >= 15 is 0 Å². The summed E-state index contributed by atoms with van der Waals surface area (Å²) >= 11 is 0. The number of anilines is 1. The Morgan fingerprint density at radius 3 is 2.85 bits per heavy atom. The van der Waals surface area contributed by atoms with E-state index in [-0.39, 0.29) is 6.04 Å². The zero-order valence-electron chi connectivity index (χ0n) is 16.0. The summed E-state index contributed by atoms with van der Waals surface area (Å²) in [6, 6.07) is 15.0. The molecule has 2 aromatic rings. The summed E-state index contributed by atoms with van der Waals surface area (Å²) in [5.41, 5.74) is 3.78. The smallest absolute Gasteiger partial charge is 0.119 e. The molecule has 142 valence electrons. The minimum Gasteiger partial charge on any atom is -0.497 e. The molecule has 1 aliphatic heterocycles. The van der Waals surface area contributed by atoms with Crippen molar-refractivity contribution in [1.82, 2.24) is 0 Å². The highest BCUT2D eigenvalue weighted by Crippen LogP contribution is 2.50. The number of fused-ring (bicyclic) bond motifs is 3. The maximum atomic E-state index is 5.87. The van der Waals surface area contributed by atoms with Crippen molar-refractivity contribution in [3.05, 3.63) is 65.7 Å². The van der Waals surface area contributed by atoms with Gasteiger partial charge < -0.3 is 19.5 Å². The van der Waals surface area contributed by atoms with Crippen molar-refractivity contribution in [2.24, 2.45) is 5.92 Å². The molecule has 0 fully saturated rings. The van der Waals surface area contributed by atoms with Gasteiger partial charge in [0, 0.05) is 18.2 Å². The van der Waals surface area contributed by atoms with E-state index in [0.29, 0.717) is 25.0 Å². The molecule has 0 saturated heterocycles. The molecule has 27 heavy (non-hydrogen) atoms. The van der Waals surface area contributed by atoms with E-state index in [4.69, 9.17) is 14.2 Å². The molecule has 4 nitrogen and oxygen atoms in total. The predicted molar refractivity (Wildman–Crippen MR) is 108 cm³/mol. The van der Waals surface area contributed by atoms with Crippen LogP contribution in [0.1, 0.15) is 36.4 Å². The maximum absolute atomic E-state index is 5.87. The lowest BCUT2D eigenvalue weighted by Gasteiger charge is -2.37. The van der Waals surface area contributed by atoms with Crippen LogP contribution in [0.4, 0.5) is 5.69 Å². The second kappa shape index (κ2) is 8.05. The van der Waals surface area contributed by atoms with Crippen molar-refractivity contribution in [2.75, 3.05) is 32.2 Å². The van der Waals surface area contributed by atoms with Crippen LogP contribution in [0.3, 0.4) is 0 Å². The molecule has 3 atom stereocenters. The Balaban J connectivity index is 1.58. The first-order chi connectivity index (χ1) is 13.3. The van der Waals surface area contributed by atoms with Crippen molar-refractivity contribution >= 4 is 5.69 Å². The van der Waals surface area contributed by atoms with Gasteiger partial charge in [-0.3, -0.25) is 0 Å². The number of benzene rings is 2. The molecule has 0 amide bonds. The zero-order chi connectivity index (χ0) is 18.6. The van der Waals surface area contributed by atoms with Gasteiger partial charge >= 0.3 is 0 Å². The highest BCUT2D eigenvalue weighted by Gasteiger charge is 2.38. The molecule has 1 heterocycles. The number of hydrogen-bond donors (Lipinski definition) is 1. The number of rotatable bonds is 7. The molecule has 2 aliphatic rings. The number of hydrogen-bond acceptors (Lipinski definition) is 4. The highest BCUT2D eigenvalue weighted by molar-refractivity contribution is 5.62. The van der Waals surface area contributed by atoms with Gasteiger partial charge in [-0.15, -0.1) is 0 Å². The van der Waals surface area contributed by atoms with Crippen LogP contribution in [0.5, 0.6) is 11.5 Å². The van der Waals surface area contributed by atoms with Crippen molar-refractivity contribution < 1.29 is 14.2 Å². The quantitative estimate of drug-likeness (QED) is 0.557. The van der Waals surface area contributed by atoms with E-state index in [1.54, 1.807) is 7.11 Å². The number of methoxy groups -OCH3 is 1. The van der Waals surface area contributed by atoms with Crippen molar-refractivity contribution in [2.45, 2.75) is 25.3 Å². The van der Waals surface area contributed by atoms with Gasteiger partial charge in [0.2, 0.25) is 0 Å². The van der Waals surface area contributed by atoms with Crippen molar-refractivity contribution in [3.8, 4) is 11.5 Å². The molecular formula is C23H27NO3. The normalized spacial score (nSPS) is 22.7. The topological polar surface area (TPSA) is 39.7 Å². The van der Waals surface area contributed by atoms with Gasteiger partial charge in [0.15, 0.2) is 0 Å². The van der Waals surface area contributed by atoms with E-state index < -0.39 is 0 Å². The molecule has 4 rings (SSSR count). The van der Waals surface area contributed by atoms with Crippen LogP contribution in [0.2, 0.25) is 0 Å². The Hall–Kier alpha value is -2.46. The van der Waals surface area contributed by atoms with E-state index in [1.165, 1.54) is 16.8 Å². The van der Waals surface area contributed by atoms with Crippen LogP contribution in [-0.2, 0) is 4.74 Å². The fourth-order valence-corrected chi connectivity index (χ4v) is 4.19. The summed E-state index contributed by atoms with van der Waals surface area (Å²) in [5.74, 6) is 2.73. The molecular weight excluding hydrogens is 338 g/mol. The molecule has 0 bridgehead atoms. The SMILES string of the molecule is CCOCCOc1ccc2c(c1)C1C=CCC1C(c1cccc(OC)c1)N2. The summed E-state index contributed by atoms with van der Waals surface area (Å²) < 4.78 is 16.7. The summed E-state index contributed by atoms with van der Waals surface area (Å²) in [6.45, 7) is 3.92. The maximum Gasteiger partial charge on any atom is 0.119 e. The zero-order valence-corrected chi connectivity index (χ0v) is 16.0. The van der Waals surface area contributed by atoms with E-state index in [1.807, 2.05) is 19.1 Å². The molecule has 3 unspecified atom stereocenters. The average Bonchev–Trinajstić information content (AvgIpc) is 3.21. The third-order valence-corrected chi connectivity index (χ3v) is 5.49. The van der Waals surface area contributed by atoms with Gasteiger partial charge in [-0.1, -0.05) is 24.3 Å². The summed E-state index contributed by atoms with van der Waals surface area (Å²) in [4.78, 5) is 0. The molecule has 2 aromatic carbocycles. The molecule has 0 saturated carbocycles. The van der Waals surface area contributed by atoms with Crippen molar-refractivity contribution in [3.63, 3.8) is 0 Å². The molecule has 4 heteroatoms. The van der Waals surface area contributed by atoms with Crippen LogP contribution in [0.15, 0.2) is 54.6 Å². The minimum atomic E-state index is 0.275. The fraction of sp³-hybridized carbons (Fsp3) is 0.391. The largest absolute Gasteiger partial charge is 0.497 e. The van der Waals surface area contributed by atoms with Crippen LogP contribution in [0.25, 0.3) is 0 Å². The molecule has 0 radical (unpaired) electrons. The summed E-state index contributed by atoms with van der Waals surface area (Å²) in [7, 11) is 1.72. The Morgan fingerprint density at radius 2 is 2.00 bits per heavy atom. The molecule has 1 aliphatic carbocycles. The Kier molecular flexibility index (Phi) is 5.35. The lowest BCUT2D eigenvalue weighted by Crippen LogP contribution is -2.29. The average molecular weight is 365 g/mol. The Bertz CT molecular complexity index is 817. The minimum absolute atomic E-state index is 0.275. The second-order valence-corrected chi connectivity index (χ2v) is 7.05. The van der Waals surface area contributed by atoms with E-state index in [2.05, 4.69) is 47.8 Å². The predicted octanol–water partition coefficient (Wildman–Crippen LogP) is 4.94. The number of nitrogens with one attached hydrogen (secondary N) is 1. The lowest BCUT2D eigenvalue weighted by molar-refractivity contribution is 0.110. The van der Waals surface area contributed by atoms with Gasteiger partial charge in [0.25, 0.3) is 0 Å². The highest BCUT2D eigenvalue weighted by atomic mass is 16.5. The molecule has 0 aromatic heterocycles. The van der Waals surface area contributed by atoms with Gasteiger partial charge in [-0.05, 0) is 60.7 Å². The molecule has 1 N–H and O–H groups in total. The Morgan fingerprint density at radius 1 is 1.07 bits per heavy atom. The van der Waals surface area contributed by atoms with Crippen molar-refractivity contribution in [1.29, 1.82) is 0 Å². The van der Waals surface area contributed by atoms with E-state index in [9.17, 15) is 0 Å². The third-order valence-electron chi connectivity index (χ3n) is 5.49. The van der Waals surface area contributed by atoms with Crippen LogP contribution < -0.4 is 14.8 Å². The van der Waals surface area contributed by atoms with E-state index in [0.717, 1.165) is 24.5 Å². The first-order valence-corrected chi connectivity index (χ1v) is 9.71. The first-order valence-electron chi connectivity index (χ1n) is 9.71. The van der Waals surface area contributed by atoms with Crippen LogP contribution in [0, 0.1) is 5.92 Å². The lowest BCUT2D eigenvalue weighted by atomic mass is 9.77. The van der Waals surface area contributed by atoms with Crippen LogP contribution in [-0.4, -0.2) is 26.9 Å². The van der Waals surface area contributed by atoms with Crippen LogP contribution >= 0.6 is 0 Å². The number of ether oxygens (including phenoxy) is 3. The second-order valence-electron chi connectivity index (χ2n) is 7.05. The first kappa shape index (κ1) is 17.9. The van der Waals surface area contributed by atoms with Gasteiger partial charge in [0.05, 0.1) is 19.8 Å². The third kappa shape index (κ3) is 3.67. The van der Waals surface area contributed by atoms with Gasteiger partial charge in [0.1, 0.15) is 18.1 Å². The number of allylic oxidation sites excluding steroid dienone is 2. The Labute approximate surface area is 161 Å². The summed E-state index contributed by atoms with van der Waals surface area (Å²) in [5, 5.41) is 3.76. The van der Waals surface area contributed by atoms with Gasteiger partial charge in [-0.25, -0.2) is 0 Å². The summed E-state index contributed by atoms with van der Waals surface area (Å²) in [6.07, 6.45) is 5.73. The fourth-order valence-electron chi connectivity index (χ4n) is 4.19. The standard InChI is InChI=1S/C23H27NO3/c1-3-26-12-13-27-18-10-11-22-21(15-18)19-8-5-9-20(19)23(24-22)16-6-4-7-17(14-16)25-2/h4-8,10-11,14-15,19-20,23-24H,3,9,12-13H2,1-2H3. The van der Waals surface area contributed by atoms with Gasteiger partial charge in [-0.2, -0.15) is 0 Å². The monoisotopic (exact) mass is 365 g/mol. The molecule has 0 spiro atoms.